The molecule has 0 saturated heterocycles. The van der Waals surface area contributed by atoms with Crippen LogP contribution in [0.15, 0.2) is 12.1 Å². The molecule has 1 aromatic rings. The third kappa shape index (κ3) is 3.50. The van der Waals surface area contributed by atoms with E-state index in [4.69, 9.17) is 0 Å². The highest BCUT2D eigenvalue weighted by atomic mass is 19.1. The van der Waals surface area contributed by atoms with Crippen molar-refractivity contribution >= 4 is 23.5 Å². The number of rotatable bonds is 4. The molecule has 25 heavy (non-hydrogen) atoms. The number of hydrogen-bond acceptors (Lipinski definition) is 3. The third-order valence-corrected chi connectivity index (χ3v) is 5.18. The highest BCUT2D eigenvalue weighted by molar-refractivity contribution is 5.98. The summed E-state index contributed by atoms with van der Waals surface area (Å²) in [5, 5.41) is 14.7. The average molecular weight is 348 g/mol. The smallest absolute Gasteiger partial charge is 0.311 e. The van der Waals surface area contributed by atoms with Gasteiger partial charge in [-0.25, -0.2) is 4.39 Å². The largest absolute Gasteiger partial charge is 0.481 e. The molecule has 1 aliphatic heterocycles. The van der Waals surface area contributed by atoms with Gasteiger partial charge in [0.2, 0.25) is 5.91 Å². The summed E-state index contributed by atoms with van der Waals surface area (Å²) in [4.78, 5) is 35.4. The Morgan fingerprint density at radius 3 is 2.60 bits per heavy atom. The topological polar surface area (TPSA) is 95.5 Å². The van der Waals surface area contributed by atoms with Crippen LogP contribution in [0.3, 0.4) is 0 Å². The lowest BCUT2D eigenvalue weighted by Gasteiger charge is -2.33. The lowest BCUT2D eigenvalue weighted by Crippen LogP contribution is -2.44. The predicted molar refractivity (Wildman–Crippen MR) is 88.8 cm³/mol. The van der Waals surface area contributed by atoms with Crippen molar-refractivity contribution in [2.75, 3.05) is 11.9 Å². The first-order chi connectivity index (χ1) is 11.9. The highest BCUT2D eigenvalue weighted by Gasteiger charge is 2.40. The number of fused-ring (bicyclic) bond motifs is 1. The number of nitrogens with one attached hydrogen (secondary N) is 2. The summed E-state index contributed by atoms with van der Waals surface area (Å²) in [6.45, 7) is -0.00553. The first kappa shape index (κ1) is 17.4. The second-order valence-electron chi connectivity index (χ2n) is 6.87. The van der Waals surface area contributed by atoms with E-state index in [9.17, 15) is 23.9 Å². The maximum atomic E-state index is 14.2. The molecule has 0 spiro atoms. The number of aliphatic carboxylic acids is 1. The summed E-state index contributed by atoms with van der Waals surface area (Å²) in [6.07, 6.45) is 4.39. The van der Waals surface area contributed by atoms with E-state index >= 15 is 0 Å². The molecule has 2 amide bonds. The van der Waals surface area contributed by atoms with Crippen LogP contribution in [0.2, 0.25) is 0 Å². The molecule has 0 aromatic heterocycles. The van der Waals surface area contributed by atoms with E-state index in [1.54, 1.807) is 0 Å². The van der Waals surface area contributed by atoms with Crippen molar-refractivity contribution in [1.29, 1.82) is 0 Å². The Bertz CT molecular complexity index is 726. The van der Waals surface area contributed by atoms with E-state index in [0.717, 1.165) is 25.3 Å². The fraction of sp³-hybridized carbons (Fsp3) is 0.500. The second kappa shape index (κ2) is 6.82. The summed E-state index contributed by atoms with van der Waals surface area (Å²) >= 11 is 0. The summed E-state index contributed by atoms with van der Waals surface area (Å²) in [7, 11) is 0. The van der Waals surface area contributed by atoms with Crippen molar-refractivity contribution in [2.24, 2.45) is 5.41 Å². The van der Waals surface area contributed by atoms with Gasteiger partial charge >= 0.3 is 5.97 Å². The lowest BCUT2D eigenvalue weighted by molar-refractivity contribution is -0.150. The zero-order valence-electron chi connectivity index (χ0n) is 13.9. The summed E-state index contributed by atoms with van der Waals surface area (Å²) in [5.41, 5.74) is 0.00892. The van der Waals surface area contributed by atoms with Crippen LogP contribution in [0.1, 0.15) is 54.4 Å². The van der Waals surface area contributed by atoms with Crippen LogP contribution < -0.4 is 10.6 Å². The Morgan fingerprint density at radius 2 is 1.92 bits per heavy atom. The lowest BCUT2D eigenvalue weighted by atomic mass is 9.74. The first-order valence-electron chi connectivity index (χ1n) is 8.55. The minimum atomic E-state index is -0.966. The van der Waals surface area contributed by atoms with Gasteiger partial charge in [0.15, 0.2) is 0 Å². The number of benzene rings is 1. The Labute approximate surface area is 144 Å². The van der Waals surface area contributed by atoms with Crippen LogP contribution in [0.4, 0.5) is 10.1 Å². The molecule has 0 unspecified atom stereocenters. The number of amides is 2. The molecule has 0 atom stereocenters. The Hall–Kier alpha value is -2.44. The summed E-state index contributed by atoms with van der Waals surface area (Å²) in [5.74, 6) is -2.44. The molecule has 1 heterocycles. The van der Waals surface area contributed by atoms with Gasteiger partial charge < -0.3 is 15.7 Å². The third-order valence-electron chi connectivity index (χ3n) is 5.18. The minimum Gasteiger partial charge on any atom is -0.481 e. The van der Waals surface area contributed by atoms with Crippen molar-refractivity contribution < 1.29 is 23.9 Å². The van der Waals surface area contributed by atoms with Gasteiger partial charge in [0, 0.05) is 18.7 Å². The first-order valence-corrected chi connectivity index (χ1v) is 8.55. The van der Waals surface area contributed by atoms with Gasteiger partial charge in [-0.1, -0.05) is 19.3 Å². The molecule has 0 radical (unpaired) electrons. The number of carboxylic acids is 1. The molecule has 3 N–H and O–H groups in total. The van der Waals surface area contributed by atoms with Crippen molar-refractivity contribution in [2.45, 2.75) is 44.9 Å². The Morgan fingerprint density at radius 1 is 1.20 bits per heavy atom. The standard InChI is InChI=1S/C18H21FN2O4/c19-13-9-14-11(4-5-15(22)21-14)8-12(13)16(23)20-10-18(17(24)25)6-2-1-3-7-18/h8-9H,1-7,10H2,(H,20,23)(H,21,22)(H,24,25). The molecular weight excluding hydrogens is 327 g/mol. The van der Waals surface area contributed by atoms with Gasteiger partial charge in [0.25, 0.3) is 5.91 Å². The van der Waals surface area contributed by atoms with Crippen molar-refractivity contribution in [3.05, 3.63) is 29.1 Å². The van der Waals surface area contributed by atoms with Crippen molar-refractivity contribution in [1.82, 2.24) is 5.32 Å². The van der Waals surface area contributed by atoms with E-state index < -0.39 is 23.1 Å². The number of carbonyl (C=O) groups is 3. The number of aryl methyl sites for hydroxylation is 1. The normalized spacial score (nSPS) is 18.8. The van der Waals surface area contributed by atoms with E-state index in [-0.39, 0.29) is 18.0 Å². The van der Waals surface area contributed by atoms with Gasteiger partial charge in [-0.05, 0) is 37.0 Å². The van der Waals surface area contributed by atoms with Crippen molar-refractivity contribution in [3.8, 4) is 0 Å². The van der Waals surface area contributed by atoms with Crippen LogP contribution in [-0.4, -0.2) is 29.4 Å². The molecule has 3 rings (SSSR count). The molecule has 6 nitrogen and oxygen atoms in total. The fourth-order valence-corrected chi connectivity index (χ4v) is 3.62. The van der Waals surface area contributed by atoms with Gasteiger partial charge in [-0.3, -0.25) is 14.4 Å². The zero-order chi connectivity index (χ0) is 18.0. The zero-order valence-corrected chi connectivity index (χ0v) is 13.9. The number of hydrogen-bond donors (Lipinski definition) is 3. The molecule has 134 valence electrons. The fourth-order valence-electron chi connectivity index (χ4n) is 3.62. The molecule has 2 aliphatic rings. The Balaban J connectivity index is 1.75. The highest BCUT2D eigenvalue weighted by Crippen LogP contribution is 2.36. The van der Waals surface area contributed by atoms with Gasteiger partial charge in [-0.15, -0.1) is 0 Å². The van der Waals surface area contributed by atoms with Gasteiger partial charge in [-0.2, -0.15) is 0 Å². The minimum absolute atomic E-state index is 0.00553. The number of halogens is 1. The Kier molecular flexibility index (Phi) is 4.74. The number of carbonyl (C=O) groups excluding carboxylic acids is 2. The van der Waals surface area contributed by atoms with Crippen molar-refractivity contribution in [3.63, 3.8) is 0 Å². The summed E-state index contributed by atoms with van der Waals surface area (Å²) in [6, 6.07) is 2.59. The molecule has 1 fully saturated rings. The predicted octanol–water partition coefficient (Wildman–Crippen LogP) is 2.48. The van der Waals surface area contributed by atoms with E-state index in [2.05, 4.69) is 10.6 Å². The van der Waals surface area contributed by atoms with Gasteiger partial charge in [0.1, 0.15) is 5.82 Å². The monoisotopic (exact) mass is 348 g/mol. The molecule has 1 saturated carbocycles. The molecule has 1 aliphatic carbocycles. The second-order valence-corrected chi connectivity index (χ2v) is 6.87. The molecule has 0 bridgehead atoms. The van der Waals surface area contributed by atoms with E-state index in [0.29, 0.717) is 36.9 Å². The van der Waals surface area contributed by atoms with Crippen LogP contribution in [-0.2, 0) is 16.0 Å². The maximum absolute atomic E-state index is 14.2. The maximum Gasteiger partial charge on any atom is 0.311 e. The quantitative estimate of drug-likeness (QED) is 0.779. The summed E-state index contributed by atoms with van der Waals surface area (Å²) < 4.78 is 14.2. The van der Waals surface area contributed by atoms with E-state index in [1.807, 2.05) is 0 Å². The van der Waals surface area contributed by atoms with Crippen LogP contribution >= 0.6 is 0 Å². The van der Waals surface area contributed by atoms with Crippen LogP contribution in [0, 0.1) is 11.2 Å². The average Bonchev–Trinajstić information content (AvgIpc) is 2.59. The molecular formula is C18H21FN2O4. The van der Waals surface area contributed by atoms with Crippen LogP contribution in [0.25, 0.3) is 0 Å². The molecule has 1 aromatic carbocycles. The van der Waals surface area contributed by atoms with Crippen LogP contribution in [0.5, 0.6) is 0 Å². The number of carboxylic acid groups (broad SMARTS) is 1. The van der Waals surface area contributed by atoms with E-state index in [1.165, 1.54) is 6.07 Å². The number of anilines is 1. The van der Waals surface area contributed by atoms with Gasteiger partial charge in [0.05, 0.1) is 11.0 Å². The SMILES string of the molecule is O=C1CCc2cc(C(=O)NCC3(C(=O)O)CCCCC3)c(F)cc2N1. The molecule has 7 heteroatoms.